The molecule has 0 spiro atoms. The maximum absolute atomic E-state index is 13.4. The Morgan fingerprint density at radius 3 is 2.38 bits per heavy atom. The Hall–Kier alpha value is -1.91. The summed E-state index contributed by atoms with van der Waals surface area (Å²) in [7, 11) is -8.34. The van der Waals surface area contributed by atoms with E-state index < -0.39 is 26.1 Å². The van der Waals surface area contributed by atoms with Crippen LogP contribution in [-0.4, -0.2) is 32.9 Å². The van der Waals surface area contributed by atoms with Crippen molar-refractivity contribution in [2.24, 2.45) is 5.73 Å². The number of rotatable bonds is 5. The van der Waals surface area contributed by atoms with Gasteiger partial charge in [0.2, 0.25) is 0 Å². The summed E-state index contributed by atoms with van der Waals surface area (Å²) in [6.45, 7) is 0. The van der Waals surface area contributed by atoms with Crippen LogP contribution >= 0.6 is 11.6 Å². The number of aromatic nitrogens is 1. The van der Waals surface area contributed by atoms with Gasteiger partial charge >= 0.3 is 0 Å². The van der Waals surface area contributed by atoms with Gasteiger partial charge in [-0.05, 0) is 49.2 Å². The summed E-state index contributed by atoms with van der Waals surface area (Å²) in [5.74, 6) is 0. The number of fused-ring (bicyclic) bond motifs is 1. The standard InChI is InChI=1S/C19H20ClN3O4S2/c20-14-9-10-18-13(11-14)12-19(28(24,25)22-17-8-4-7-16(17)21)23(18)29(26,27)15-5-2-1-3-6-15/h1-3,5-6,9-12,16-17,22H,4,7-8,21H2. The Balaban J connectivity index is 1.94. The molecule has 0 radical (unpaired) electrons. The van der Waals surface area contributed by atoms with Crippen molar-refractivity contribution in [3.8, 4) is 0 Å². The van der Waals surface area contributed by atoms with E-state index in [0.29, 0.717) is 23.3 Å². The van der Waals surface area contributed by atoms with Crippen molar-refractivity contribution >= 4 is 42.6 Å². The normalized spacial score (nSPS) is 20.3. The Bertz CT molecular complexity index is 1270. The minimum Gasteiger partial charge on any atom is -0.326 e. The van der Waals surface area contributed by atoms with Gasteiger partial charge in [-0.1, -0.05) is 36.2 Å². The molecule has 1 aliphatic carbocycles. The molecule has 0 aliphatic heterocycles. The Morgan fingerprint density at radius 1 is 1.00 bits per heavy atom. The summed E-state index contributed by atoms with van der Waals surface area (Å²) in [5.41, 5.74) is 6.24. The van der Waals surface area contributed by atoms with Crippen LogP contribution in [0, 0.1) is 0 Å². The van der Waals surface area contributed by atoms with Crippen molar-refractivity contribution in [2.45, 2.75) is 41.3 Å². The van der Waals surface area contributed by atoms with E-state index in [1.165, 1.54) is 36.4 Å². The molecule has 10 heteroatoms. The third-order valence-electron chi connectivity index (χ3n) is 5.12. The van der Waals surface area contributed by atoms with Crippen molar-refractivity contribution < 1.29 is 16.8 Å². The van der Waals surface area contributed by atoms with Gasteiger partial charge in [0.15, 0.2) is 5.03 Å². The number of halogens is 1. The molecule has 7 nitrogen and oxygen atoms in total. The number of nitrogens with zero attached hydrogens (tertiary/aromatic N) is 1. The first-order valence-electron chi connectivity index (χ1n) is 9.10. The van der Waals surface area contributed by atoms with Gasteiger partial charge < -0.3 is 5.73 Å². The predicted molar refractivity (Wildman–Crippen MR) is 112 cm³/mol. The van der Waals surface area contributed by atoms with Crippen LogP contribution in [0.2, 0.25) is 5.02 Å². The van der Waals surface area contributed by atoms with Crippen molar-refractivity contribution in [3.05, 3.63) is 59.6 Å². The number of benzene rings is 2. The topological polar surface area (TPSA) is 111 Å². The maximum Gasteiger partial charge on any atom is 0.269 e. The first-order chi connectivity index (χ1) is 13.7. The molecular weight excluding hydrogens is 434 g/mol. The van der Waals surface area contributed by atoms with Crippen LogP contribution in [0.5, 0.6) is 0 Å². The van der Waals surface area contributed by atoms with Gasteiger partial charge in [0.25, 0.3) is 20.0 Å². The van der Waals surface area contributed by atoms with Crippen LogP contribution < -0.4 is 10.5 Å². The molecule has 3 aromatic rings. The SMILES string of the molecule is NC1CCCC1NS(=O)(=O)c1cc2cc(Cl)ccc2n1S(=O)(=O)c1ccccc1. The fourth-order valence-corrected chi connectivity index (χ4v) is 7.27. The van der Waals surface area contributed by atoms with E-state index in [9.17, 15) is 16.8 Å². The summed E-state index contributed by atoms with van der Waals surface area (Å²) >= 11 is 6.04. The monoisotopic (exact) mass is 453 g/mol. The molecule has 0 bridgehead atoms. The van der Waals surface area contributed by atoms with Gasteiger partial charge in [-0.2, -0.15) is 0 Å². The summed E-state index contributed by atoms with van der Waals surface area (Å²) in [6, 6.07) is 12.8. The van der Waals surface area contributed by atoms with E-state index >= 15 is 0 Å². The summed E-state index contributed by atoms with van der Waals surface area (Å²) < 4.78 is 56.6. The van der Waals surface area contributed by atoms with Crippen LogP contribution in [-0.2, 0) is 20.0 Å². The minimum atomic E-state index is -4.17. The van der Waals surface area contributed by atoms with Gasteiger partial charge in [-0.25, -0.2) is 25.5 Å². The molecule has 1 aromatic heterocycles. The second kappa shape index (κ2) is 7.41. The summed E-state index contributed by atoms with van der Waals surface area (Å²) in [6.07, 6.45) is 2.14. The average molecular weight is 454 g/mol. The molecule has 1 aliphatic rings. The van der Waals surface area contributed by atoms with Gasteiger partial charge in [0.1, 0.15) is 0 Å². The lowest BCUT2D eigenvalue weighted by Crippen LogP contribution is -2.44. The average Bonchev–Trinajstić information content (AvgIpc) is 3.26. The fraction of sp³-hybridized carbons (Fsp3) is 0.263. The van der Waals surface area contributed by atoms with E-state index in [0.717, 1.165) is 10.4 Å². The van der Waals surface area contributed by atoms with Crippen LogP contribution in [0.4, 0.5) is 0 Å². The lowest BCUT2D eigenvalue weighted by Gasteiger charge is -2.18. The van der Waals surface area contributed by atoms with Crippen molar-refractivity contribution in [3.63, 3.8) is 0 Å². The highest BCUT2D eigenvalue weighted by Gasteiger charge is 2.34. The van der Waals surface area contributed by atoms with E-state index in [-0.39, 0.29) is 21.5 Å². The van der Waals surface area contributed by atoms with Crippen molar-refractivity contribution in [1.82, 2.24) is 8.69 Å². The third kappa shape index (κ3) is 3.69. The Morgan fingerprint density at radius 2 is 1.72 bits per heavy atom. The Labute approximate surface area is 174 Å². The quantitative estimate of drug-likeness (QED) is 0.616. The molecular formula is C19H20ClN3O4S2. The summed E-state index contributed by atoms with van der Waals surface area (Å²) in [4.78, 5) is -0.0125. The second-order valence-electron chi connectivity index (χ2n) is 7.09. The van der Waals surface area contributed by atoms with Crippen molar-refractivity contribution in [1.29, 1.82) is 0 Å². The van der Waals surface area contributed by atoms with Crippen molar-refractivity contribution in [2.75, 3.05) is 0 Å². The first-order valence-corrected chi connectivity index (χ1v) is 12.4. The van der Waals surface area contributed by atoms with Crippen LogP contribution in [0.25, 0.3) is 10.9 Å². The molecule has 0 amide bonds. The zero-order chi connectivity index (χ0) is 20.8. The number of nitrogens with one attached hydrogen (secondary N) is 1. The molecule has 0 saturated heterocycles. The van der Waals surface area contributed by atoms with Gasteiger partial charge in [-0.15, -0.1) is 0 Å². The Kier molecular flexibility index (Phi) is 5.20. The molecule has 1 heterocycles. The molecule has 2 atom stereocenters. The van der Waals surface area contributed by atoms with Crippen LogP contribution in [0.1, 0.15) is 19.3 Å². The van der Waals surface area contributed by atoms with Gasteiger partial charge in [0.05, 0.1) is 10.4 Å². The smallest absolute Gasteiger partial charge is 0.269 e. The number of nitrogens with two attached hydrogens (primary N) is 1. The maximum atomic E-state index is 13.4. The predicted octanol–water partition coefficient (Wildman–Crippen LogP) is 2.69. The summed E-state index contributed by atoms with van der Waals surface area (Å²) in [5, 5.41) is 0.423. The third-order valence-corrected chi connectivity index (χ3v) is 8.68. The molecule has 2 unspecified atom stereocenters. The fourth-order valence-electron chi connectivity index (χ4n) is 3.66. The molecule has 2 aromatic carbocycles. The molecule has 1 saturated carbocycles. The van der Waals surface area contributed by atoms with Gasteiger partial charge in [0, 0.05) is 22.5 Å². The molecule has 1 fully saturated rings. The molecule has 4 rings (SSSR count). The zero-order valence-electron chi connectivity index (χ0n) is 15.3. The van der Waals surface area contributed by atoms with Crippen LogP contribution in [0.15, 0.2) is 64.5 Å². The van der Waals surface area contributed by atoms with E-state index in [1.807, 2.05) is 0 Å². The number of sulfonamides is 1. The first kappa shape index (κ1) is 20.4. The van der Waals surface area contributed by atoms with Gasteiger partial charge in [-0.3, -0.25) is 0 Å². The highest BCUT2D eigenvalue weighted by atomic mass is 35.5. The molecule has 29 heavy (non-hydrogen) atoms. The molecule has 154 valence electrons. The number of hydrogen-bond acceptors (Lipinski definition) is 5. The van der Waals surface area contributed by atoms with E-state index in [2.05, 4.69) is 4.72 Å². The molecule has 3 N–H and O–H groups in total. The largest absolute Gasteiger partial charge is 0.326 e. The highest BCUT2D eigenvalue weighted by Crippen LogP contribution is 2.31. The number of hydrogen-bond donors (Lipinski definition) is 2. The minimum absolute atomic E-state index is 0.0125. The lowest BCUT2D eigenvalue weighted by molar-refractivity contribution is 0.518. The van der Waals surface area contributed by atoms with E-state index in [4.69, 9.17) is 17.3 Å². The van der Waals surface area contributed by atoms with E-state index in [1.54, 1.807) is 18.2 Å². The van der Waals surface area contributed by atoms with Crippen LogP contribution in [0.3, 0.4) is 0 Å². The second-order valence-corrected chi connectivity index (χ2v) is 11.0. The lowest BCUT2D eigenvalue weighted by atomic mass is 10.2. The highest BCUT2D eigenvalue weighted by molar-refractivity contribution is 7.92. The zero-order valence-corrected chi connectivity index (χ0v) is 17.7.